The third-order valence-corrected chi connectivity index (χ3v) is 3.18. The van der Waals surface area contributed by atoms with Crippen molar-refractivity contribution in [3.05, 3.63) is 0 Å². The molecule has 1 N–H and O–H groups in total. The maximum absolute atomic E-state index is 11.9. The standard InChI is InChI=1S/C12H23N3O2/c1-4-14(5-2)11(16)10(3)13-12(17)15-8-6-7-9-15/h10H,4-9H2,1-3H3,(H,13,17). The van der Waals surface area contributed by atoms with Crippen molar-refractivity contribution in [1.82, 2.24) is 15.1 Å². The van der Waals surface area contributed by atoms with E-state index in [-0.39, 0.29) is 11.9 Å². The molecular weight excluding hydrogens is 218 g/mol. The van der Waals surface area contributed by atoms with Gasteiger partial charge in [0.2, 0.25) is 5.91 Å². The molecule has 1 heterocycles. The summed E-state index contributed by atoms with van der Waals surface area (Å²) >= 11 is 0. The number of carbonyl (C=O) groups is 2. The van der Waals surface area contributed by atoms with Gasteiger partial charge in [-0.1, -0.05) is 0 Å². The minimum absolute atomic E-state index is 0.0115. The fourth-order valence-electron chi connectivity index (χ4n) is 2.07. The van der Waals surface area contributed by atoms with Crippen molar-refractivity contribution in [2.45, 2.75) is 39.7 Å². The Morgan fingerprint density at radius 2 is 1.76 bits per heavy atom. The van der Waals surface area contributed by atoms with Gasteiger partial charge in [0, 0.05) is 26.2 Å². The number of carbonyl (C=O) groups excluding carboxylic acids is 2. The van der Waals surface area contributed by atoms with Crippen molar-refractivity contribution in [2.75, 3.05) is 26.2 Å². The van der Waals surface area contributed by atoms with Crippen molar-refractivity contribution in [2.24, 2.45) is 0 Å². The van der Waals surface area contributed by atoms with Gasteiger partial charge in [0.15, 0.2) is 0 Å². The lowest BCUT2D eigenvalue weighted by Crippen LogP contribution is -2.50. The number of likely N-dealkylation sites (tertiary alicyclic amines) is 1. The summed E-state index contributed by atoms with van der Waals surface area (Å²) in [5.74, 6) is -0.0115. The molecule has 1 unspecified atom stereocenters. The molecule has 1 atom stereocenters. The van der Waals surface area contributed by atoms with Gasteiger partial charge in [-0.15, -0.1) is 0 Å². The molecule has 5 nitrogen and oxygen atoms in total. The zero-order chi connectivity index (χ0) is 12.8. The van der Waals surface area contributed by atoms with E-state index >= 15 is 0 Å². The Morgan fingerprint density at radius 1 is 1.24 bits per heavy atom. The molecule has 0 aliphatic carbocycles. The van der Waals surface area contributed by atoms with Crippen LogP contribution < -0.4 is 5.32 Å². The quantitative estimate of drug-likeness (QED) is 0.800. The summed E-state index contributed by atoms with van der Waals surface area (Å²) in [5.41, 5.74) is 0. The topological polar surface area (TPSA) is 52.7 Å². The predicted molar refractivity (Wildman–Crippen MR) is 66.7 cm³/mol. The Kier molecular flexibility index (Phi) is 5.25. The molecule has 0 spiro atoms. The number of likely N-dealkylation sites (N-methyl/N-ethyl adjacent to an activating group) is 1. The van der Waals surface area contributed by atoms with Gasteiger partial charge < -0.3 is 15.1 Å². The number of urea groups is 1. The molecule has 1 aliphatic rings. The van der Waals surface area contributed by atoms with Crippen LogP contribution in [-0.2, 0) is 4.79 Å². The first kappa shape index (κ1) is 13.8. The van der Waals surface area contributed by atoms with Crippen molar-refractivity contribution >= 4 is 11.9 Å². The number of hydrogen-bond acceptors (Lipinski definition) is 2. The van der Waals surface area contributed by atoms with Gasteiger partial charge >= 0.3 is 6.03 Å². The summed E-state index contributed by atoms with van der Waals surface area (Å²) in [6.07, 6.45) is 2.12. The van der Waals surface area contributed by atoms with Crippen LogP contribution in [0.25, 0.3) is 0 Å². The molecular formula is C12H23N3O2. The van der Waals surface area contributed by atoms with Crippen LogP contribution in [0.5, 0.6) is 0 Å². The van der Waals surface area contributed by atoms with Crippen LogP contribution in [0.2, 0.25) is 0 Å². The van der Waals surface area contributed by atoms with Gasteiger partial charge in [0.25, 0.3) is 0 Å². The lowest BCUT2D eigenvalue weighted by molar-refractivity contribution is -0.132. The lowest BCUT2D eigenvalue weighted by atomic mass is 10.3. The molecule has 3 amide bonds. The summed E-state index contributed by atoms with van der Waals surface area (Å²) in [5, 5.41) is 2.77. The second kappa shape index (κ2) is 6.47. The van der Waals surface area contributed by atoms with Crippen LogP contribution in [-0.4, -0.2) is 54.0 Å². The zero-order valence-corrected chi connectivity index (χ0v) is 11.0. The summed E-state index contributed by atoms with van der Waals surface area (Å²) in [6, 6.07) is -0.557. The Balaban J connectivity index is 2.44. The highest BCUT2D eigenvalue weighted by molar-refractivity contribution is 5.86. The van der Waals surface area contributed by atoms with E-state index in [4.69, 9.17) is 0 Å². The summed E-state index contributed by atoms with van der Waals surface area (Å²) in [6.45, 7) is 8.59. The highest BCUT2D eigenvalue weighted by Gasteiger charge is 2.24. The molecule has 0 aromatic carbocycles. The number of amides is 3. The van der Waals surface area contributed by atoms with E-state index in [1.807, 2.05) is 13.8 Å². The van der Waals surface area contributed by atoms with E-state index < -0.39 is 6.04 Å². The minimum atomic E-state index is -0.442. The average Bonchev–Trinajstić information content (AvgIpc) is 2.83. The summed E-state index contributed by atoms with van der Waals surface area (Å²) < 4.78 is 0. The summed E-state index contributed by atoms with van der Waals surface area (Å²) in [7, 11) is 0. The largest absolute Gasteiger partial charge is 0.341 e. The number of hydrogen-bond donors (Lipinski definition) is 1. The second-order valence-corrected chi connectivity index (χ2v) is 4.38. The fraction of sp³-hybridized carbons (Fsp3) is 0.833. The molecule has 1 saturated heterocycles. The van der Waals surface area contributed by atoms with Gasteiger partial charge in [-0.2, -0.15) is 0 Å². The van der Waals surface area contributed by atoms with E-state index in [0.29, 0.717) is 13.1 Å². The van der Waals surface area contributed by atoms with E-state index in [2.05, 4.69) is 5.32 Å². The van der Waals surface area contributed by atoms with Crippen molar-refractivity contribution < 1.29 is 9.59 Å². The van der Waals surface area contributed by atoms with Crippen LogP contribution in [0.15, 0.2) is 0 Å². The Hall–Kier alpha value is -1.26. The summed E-state index contributed by atoms with van der Waals surface area (Å²) in [4.78, 5) is 27.3. The molecule has 1 aliphatic heterocycles. The Bertz CT molecular complexity index is 271. The highest BCUT2D eigenvalue weighted by atomic mass is 16.2. The molecule has 0 bridgehead atoms. The molecule has 1 fully saturated rings. The molecule has 0 saturated carbocycles. The van der Waals surface area contributed by atoms with Gasteiger partial charge in [0.05, 0.1) is 0 Å². The van der Waals surface area contributed by atoms with Crippen LogP contribution in [0.4, 0.5) is 4.79 Å². The van der Waals surface area contributed by atoms with E-state index in [1.165, 1.54) is 0 Å². The van der Waals surface area contributed by atoms with Gasteiger partial charge in [-0.25, -0.2) is 4.79 Å². The van der Waals surface area contributed by atoms with Crippen LogP contribution in [0.1, 0.15) is 33.6 Å². The normalized spacial score (nSPS) is 16.8. The number of rotatable bonds is 4. The third kappa shape index (κ3) is 3.61. The number of nitrogens with zero attached hydrogens (tertiary/aromatic N) is 2. The number of nitrogens with one attached hydrogen (secondary N) is 1. The fourth-order valence-corrected chi connectivity index (χ4v) is 2.07. The van der Waals surface area contributed by atoms with Crippen molar-refractivity contribution in [3.63, 3.8) is 0 Å². The third-order valence-electron chi connectivity index (χ3n) is 3.18. The van der Waals surface area contributed by atoms with Crippen LogP contribution in [0, 0.1) is 0 Å². The van der Waals surface area contributed by atoms with Gasteiger partial charge in [-0.3, -0.25) is 4.79 Å². The molecule has 0 aromatic heterocycles. The van der Waals surface area contributed by atoms with E-state index in [0.717, 1.165) is 25.9 Å². The van der Waals surface area contributed by atoms with E-state index in [1.54, 1.807) is 16.7 Å². The van der Waals surface area contributed by atoms with Gasteiger partial charge in [-0.05, 0) is 33.6 Å². The zero-order valence-electron chi connectivity index (χ0n) is 11.0. The van der Waals surface area contributed by atoms with Gasteiger partial charge in [0.1, 0.15) is 6.04 Å². The first-order chi connectivity index (χ1) is 8.10. The molecule has 0 radical (unpaired) electrons. The molecule has 0 aromatic rings. The minimum Gasteiger partial charge on any atom is -0.341 e. The highest BCUT2D eigenvalue weighted by Crippen LogP contribution is 2.07. The Labute approximate surface area is 103 Å². The maximum Gasteiger partial charge on any atom is 0.318 e. The molecule has 1 rings (SSSR count). The molecule has 98 valence electrons. The smallest absolute Gasteiger partial charge is 0.318 e. The molecule has 5 heteroatoms. The van der Waals surface area contributed by atoms with Crippen LogP contribution >= 0.6 is 0 Å². The SMILES string of the molecule is CCN(CC)C(=O)C(C)NC(=O)N1CCCC1. The van der Waals surface area contributed by atoms with Crippen molar-refractivity contribution in [3.8, 4) is 0 Å². The van der Waals surface area contributed by atoms with Crippen molar-refractivity contribution in [1.29, 1.82) is 0 Å². The molecule has 17 heavy (non-hydrogen) atoms. The van der Waals surface area contributed by atoms with Crippen LogP contribution in [0.3, 0.4) is 0 Å². The first-order valence-corrected chi connectivity index (χ1v) is 6.44. The average molecular weight is 241 g/mol. The first-order valence-electron chi connectivity index (χ1n) is 6.44. The second-order valence-electron chi connectivity index (χ2n) is 4.38. The maximum atomic E-state index is 11.9. The monoisotopic (exact) mass is 241 g/mol. The predicted octanol–water partition coefficient (Wildman–Crippen LogP) is 1.05. The van der Waals surface area contributed by atoms with E-state index in [9.17, 15) is 9.59 Å². The lowest BCUT2D eigenvalue weighted by Gasteiger charge is -2.25. The Morgan fingerprint density at radius 3 is 2.24 bits per heavy atom.